The smallest absolute Gasteiger partial charge is 0.150 e. The standard InChI is InChI=1S/C14H13NOS/c16-11-13-3-5-14(6-4-13)17-9-7-12-2-1-8-15-10-12/h1-6,8,10-11H,7,9H2. The van der Waals surface area contributed by atoms with Gasteiger partial charge in [0, 0.05) is 28.6 Å². The highest BCUT2D eigenvalue weighted by molar-refractivity contribution is 7.99. The fraction of sp³-hybridized carbons (Fsp3) is 0.143. The third-order valence-corrected chi connectivity index (χ3v) is 3.41. The molecular weight excluding hydrogens is 230 g/mol. The van der Waals surface area contributed by atoms with Crippen molar-refractivity contribution in [2.45, 2.75) is 11.3 Å². The second-order valence-electron chi connectivity index (χ2n) is 3.65. The molecule has 0 saturated heterocycles. The number of hydrogen-bond acceptors (Lipinski definition) is 3. The van der Waals surface area contributed by atoms with Crippen LogP contribution in [0.3, 0.4) is 0 Å². The van der Waals surface area contributed by atoms with Crippen LogP contribution >= 0.6 is 11.8 Å². The van der Waals surface area contributed by atoms with E-state index < -0.39 is 0 Å². The van der Waals surface area contributed by atoms with Crippen LogP contribution in [0.25, 0.3) is 0 Å². The van der Waals surface area contributed by atoms with E-state index in [1.165, 1.54) is 10.5 Å². The Bertz CT molecular complexity index is 467. The SMILES string of the molecule is O=Cc1ccc(SCCc2cccnc2)cc1. The molecule has 1 aromatic heterocycles. The number of hydrogen-bond donors (Lipinski definition) is 0. The van der Waals surface area contributed by atoms with Gasteiger partial charge in [-0.1, -0.05) is 18.2 Å². The van der Waals surface area contributed by atoms with E-state index >= 15 is 0 Å². The Morgan fingerprint density at radius 1 is 1.18 bits per heavy atom. The predicted octanol–water partition coefficient (Wildman–Crippen LogP) is 3.23. The maximum atomic E-state index is 10.5. The van der Waals surface area contributed by atoms with Gasteiger partial charge in [0.15, 0.2) is 0 Å². The minimum Gasteiger partial charge on any atom is -0.298 e. The molecule has 86 valence electrons. The number of benzene rings is 1. The summed E-state index contributed by atoms with van der Waals surface area (Å²) in [5, 5.41) is 0. The molecule has 0 fully saturated rings. The van der Waals surface area contributed by atoms with Gasteiger partial charge in [0.2, 0.25) is 0 Å². The maximum Gasteiger partial charge on any atom is 0.150 e. The van der Waals surface area contributed by atoms with E-state index in [-0.39, 0.29) is 0 Å². The number of pyridine rings is 1. The molecule has 0 aliphatic heterocycles. The van der Waals surface area contributed by atoms with Crippen molar-refractivity contribution in [2.24, 2.45) is 0 Å². The van der Waals surface area contributed by atoms with Gasteiger partial charge in [0.05, 0.1) is 0 Å². The number of rotatable bonds is 5. The molecule has 0 amide bonds. The topological polar surface area (TPSA) is 30.0 Å². The summed E-state index contributed by atoms with van der Waals surface area (Å²) in [5.41, 5.74) is 1.98. The van der Waals surface area contributed by atoms with Crippen LogP contribution in [0.1, 0.15) is 15.9 Å². The number of thioether (sulfide) groups is 1. The molecule has 2 nitrogen and oxygen atoms in total. The zero-order chi connectivity index (χ0) is 11.9. The number of aryl methyl sites for hydroxylation is 1. The second-order valence-corrected chi connectivity index (χ2v) is 4.81. The van der Waals surface area contributed by atoms with Crippen molar-refractivity contribution < 1.29 is 4.79 Å². The molecule has 0 atom stereocenters. The molecule has 0 aliphatic rings. The summed E-state index contributed by atoms with van der Waals surface area (Å²) in [6.07, 6.45) is 5.56. The van der Waals surface area contributed by atoms with Crippen LogP contribution in [0.4, 0.5) is 0 Å². The first-order chi connectivity index (χ1) is 8.38. The summed E-state index contributed by atoms with van der Waals surface area (Å²) < 4.78 is 0. The molecule has 0 aliphatic carbocycles. The van der Waals surface area contributed by atoms with E-state index in [0.717, 1.165) is 24.0 Å². The fourth-order valence-corrected chi connectivity index (χ4v) is 2.38. The molecule has 0 saturated carbocycles. The largest absolute Gasteiger partial charge is 0.298 e. The van der Waals surface area contributed by atoms with Gasteiger partial charge in [-0.2, -0.15) is 0 Å². The van der Waals surface area contributed by atoms with Crippen LogP contribution in [-0.4, -0.2) is 17.0 Å². The molecule has 0 bridgehead atoms. The molecule has 1 heterocycles. The Labute approximate surface area is 105 Å². The molecule has 0 N–H and O–H groups in total. The Hall–Kier alpha value is -1.61. The van der Waals surface area contributed by atoms with Gasteiger partial charge in [0.25, 0.3) is 0 Å². The van der Waals surface area contributed by atoms with Gasteiger partial charge in [-0.05, 0) is 30.2 Å². The minimum atomic E-state index is 0.724. The van der Waals surface area contributed by atoms with E-state index in [1.54, 1.807) is 18.0 Å². The molecular formula is C14H13NOS. The van der Waals surface area contributed by atoms with E-state index in [1.807, 2.05) is 36.5 Å². The van der Waals surface area contributed by atoms with E-state index in [4.69, 9.17) is 0 Å². The summed E-state index contributed by atoms with van der Waals surface area (Å²) in [4.78, 5) is 15.8. The van der Waals surface area contributed by atoms with Crippen LogP contribution in [0.2, 0.25) is 0 Å². The lowest BCUT2D eigenvalue weighted by atomic mass is 10.2. The van der Waals surface area contributed by atoms with Gasteiger partial charge < -0.3 is 0 Å². The normalized spacial score (nSPS) is 10.1. The van der Waals surface area contributed by atoms with Crippen molar-refractivity contribution >= 4 is 18.0 Å². The number of aromatic nitrogens is 1. The molecule has 0 unspecified atom stereocenters. The van der Waals surface area contributed by atoms with Crippen molar-refractivity contribution in [3.05, 3.63) is 59.9 Å². The van der Waals surface area contributed by atoms with Crippen molar-refractivity contribution in [2.75, 3.05) is 5.75 Å². The molecule has 17 heavy (non-hydrogen) atoms. The molecule has 3 heteroatoms. The Morgan fingerprint density at radius 3 is 2.65 bits per heavy atom. The molecule has 2 aromatic rings. The quantitative estimate of drug-likeness (QED) is 0.596. The highest BCUT2D eigenvalue weighted by Crippen LogP contribution is 2.19. The van der Waals surface area contributed by atoms with Gasteiger partial charge >= 0.3 is 0 Å². The highest BCUT2D eigenvalue weighted by atomic mass is 32.2. The minimum absolute atomic E-state index is 0.724. The first-order valence-corrected chi connectivity index (χ1v) is 6.44. The summed E-state index contributed by atoms with van der Waals surface area (Å²) in [5.74, 6) is 1.02. The van der Waals surface area contributed by atoms with E-state index in [9.17, 15) is 4.79 Å². The molecule has 2 rings (SSSR count). The highest BCUT2D eigenvalue weighted by Gasteiger charge is 1.96. The van der Waals surface area contributed by atoms with Gasteiger partial charge in [-0.25, -0.2) is 0 Å². The molecule has 0 radical (unpaired) electrons. The van der Waals surface area contributed by atoms with Gasteiger partial charge in [-0.3, -0.25) is 9.78 Å². The van der Waals surface area contributed by atoms with Crippen molar-refractivity contribution in [1.82, 2.24) is 4.98 Å². The zero-order valence-corrected chi connectivity index (χ0v) is 10.2. The number of carbonyl (C=O) groups excluding carboxylic acids is 1. The van der Waals surface area contributed by atoms with Gasteiger partial charge in [-0.15, -0.1) is 11.8 Å². The van der Waals surface area contributed by atoms with Crippen molar-refractivity contribution in [3.63, 3.8) is 0 Å². The third-order valence-electron chi connectivity index (χ3n) is 2.40. The first-order valence-electron chi connectivity index (χ1n) is 5.45. The average molecular weight is 243 g/mol. The van der Waals surface area contributed by atoms with Crippen LogP contribution in [0.15, 0.2) is 53.7 Å². The number of carbonyl (C=O) groups is 1. The summed E-state index contributed by atoms with van der Waals surface area (Å²) in [6, 6.07) is 11.7. The Morgan fingerprint density at radius 2 is 2.00 bits per heavy atom. The number of nitrogens with zero attached hydrogens (tertiary/aromatic N) is 1. The van der Waals surface area contributed by atoms with E-state index in [2.05, 4.69) is 11.1 Å². The van der Waals surface area contributed by atoms with Gasteiger partial charge in [0.1, 0.15) is 6.29 Å². The summed E-state index contributed by atoms with van der Waals surface area (Å²) in [6.45, 7) is 0. The van der Waals surface area contributed by atoms with Crippen molar-refractivity contribution in [1.29, 1.82) is 0 Å². The monoisotopic (exact) mass is 243 g/mol. The lowest BCUT2D eigenvalue weighted by Crippen LogP contribution is -1.89. The second kappa shape index (κ2) is 6.21. The third kappa shape index (κ3) is 3.71. The Balaban J connectivity index is 1.84. The summed E-state index contributed by atoms with van der Waals surface area (Å²) >= 11 is 1.79. The van der Waals surface area contributed by atoms with Crippen LogP contribution in [-0.2, 0) is 6.42 Å². The molecule has 0 spiro atoms. The van der Waals surface area contributed by atoms with Crippen molar-refractivity contribution in [3.8, 4) is 0 Å². The van der Waals surface area contributed by atoms with Crippen LogP contribution in [0, 0.1) is 0 Å². The molecule has 1 aromatic carbocycles. The fourth-order valence-electron chi connectivity index (χ4n) is 1.48. The zero-order valence-electron chi connectivity index (χ0n) is 9.37. The maximum absolute atomic E-state index is 10.5. The lowest BCUT2D eigenvalue weighted by Gasteiger charge is -2.02. The predicted molar refractivity (Wildman–Crippen MR) is 70.5 cm³/mol. The average Bonchev–Trinajstić information content (AvgIpc) is 2.41. The lowest BCUT2D eigenvalue weighted by molar-refractivity contribution is 0.112. The first kappa shape index (κ1) is 11.9. The van der Waals surface area contributed by atoms with E-state index in [0.29, 0.717) is 0 Å². The number of aldehydes is 1. The van der Waals surface area contributed by atoms with Crippen LogP contribution in [0.5, 0.6) is 0 Å². The van der Waals surface area contributed by atoms with Crippen LogP contribution < -0.4 is 0 Å². The Kier molecular flexibility index (Phi) is 4.33. The summed E-state index contributed by atoms with van der Waals surface area (Å²) in [7, 11) is 0.